The van der Waals surface area contributed by atoms with E-state index >= 15 is 0 Å². The number of nitrogens with one attached hydrogen (secondary N) is 1. The smallest absolute Gasteiger partial charge is 0.329 e. The maximum Gasteiger partial charge on any atom is 0.329 e. The fourth-order valence-corrected chi connectivity index (χ4v) is 5.98. The van der Waals surface area contributed by atoms with Gasteiger partial charge in [0.25, 0.3) is 0 Å². The van der Waals surface area contributed by atoms with Gasteiger partial charge in [0.15, 0.2) is 11.5 Å². The Morgan fingerprint density at radius 3 is 2.39 bits per heavy atom. The number of aliphatic hydroxyl groups excluding tert-OH is 1. The van der Waals surface area contributed by atoms with Crippen LogP contribution < -0.4 is 5.32 Å². The van der Waals surface area contributed by atoms with Crippen molar-refractivity contribution in [1.29, 1.82) is 0 Å². The van der Waals surface area contributed by atoms with Crippen molar-refractivity contribution in [3.63, 3.8) is 0 Å². The molecule has 9 nitrogen and oxygen atoms in total. The highest BCUT2D eigenvalue weighted by Gasteiger charge is 2.54. The van der Waals surface area contributed by atoms with Crippen molar-refractivity contribution in [2.75, 3.05) is 6.54 Å². The first kappa shape index (κ1) is 29.7. The molecule has 38 heavy (non-hydrogen) atoms. The van der Waals surface area contributed by atoms with Crippen LogP contribution in [-0.2, 0) is 25.5 Å². The summed E-state index contributed by atoms with van der Waals surface area (Å²) in [4.78, 5) is 41.3. The van der Waals surface area contributed by atoms with Gasteiger partial charge in [0.1, 0.15) is 23.8 Å². The molecule has 2 amide bonds. The molecule has 1 aromatic carbocycles. The molecule has 5 atom stereocenters. The van der Waals surface area contributed by atoms with Gasteiger partial charge in [0, 0.05) is 18.4 Å². The Labute approximate surface area is 225 Å². The number of hydrogen-bond acceptors (Lipinski definition) is 7. The number of nitrogens with zero attached hydrogens (tertiary/aromatic N) is 1. The van der Waals surface area contributed by atoms with E-state index in [0.29, 0.717) is 30.9 Å². The molecule has 2 aliphatic rings. The second kappa shape index (κ2) is 11.5. The van der Waals surface area contributed by atoms with E-state index in [9.17, 15) is 29.7 Å². The predicted molar refractivity (Wildman–Crippen MR) is 142 cm³/mol. The highest BCUT2D eigenvalue weighted by atomic mass is 16.6. The SMILES string of the molecule is CCC1CCC(C)(OC(=O)[C@@H]2CCCN2C(=O)[C@@H](NC(=O)[C@H](O)Cc2ccc(O)c(O)c2)C(C)C)C1(C)C. The third-order valence-corrected chi connectivity index (χ3v) is 8.98. The summed E-state index contributed by atoms with van der Waals surface area (Å²) in [6.45, 7) is 12.4. The number of phenols is 2. The number of phenolic OH excluding ortho intramolecular Hbond substituents is 2. The molecule has 9 heteroatoms. The zero-order valence-corrected chi connectivity index (χ0v) is 23.5. The van der Waals surface area contributed by atoms with Gasteiger partial charge in [-0.15, -0.1) is 0 Å². The summed E-state index contributed by atoms with van der Waals surface area (Å²) in [5, 5.41) is 32.3. The van der Waals surface area contributed by atoms with Gasteiger partial charge >= 0.3 is 5.97 Å². The van der Waals surface area contributed by atoms with E-state index in [2.05, 4.69) is 26.1 Å². The summed E-state index contributed by atoms with van der Waals surface area (Å²) in [7, 11) is 0. The van der Waals surface area contributed by atoms with Gasteiger partial charge in [-0.05, 0) is 62.1 Å². The number of rotatable bonds is 9. The van der Waals surface area contributed by atoms with Crippen LogP contribution in [0.5, 0.6) is 11.5 Å². The number of carbonyl (C=O) groups is 3. The Kier molecular flexibility index (Phi) is 9.01. The third kappa shape index (κ3) is 5.92. The van der Waals surface area contributed by atoms with Crippen LogP contribution in [0.2, 0.25) is 0 Å². The lowest BCUT2D eigenvalue weighted by Gasteiger charge is -2.42. The summed E-state index contributed by atoms with van der Waals surface area (Å²) in [6, 6.07) is 2.40. The minimum absolute atomic E-state index is 0.107. The van der Waals surface area contributed by atoms with Gasteiger partial charge in [-0.1, -0.05) is 47.1 Å². The number of hydrogen-bond donors (Lipinski definition) is 4. The van der Waals surface area contributed by atoms with Crippen molar-refractivity contribution in [2.45, 2.75) is 104 Å². The molecular formula is C29H44N2O7. The van der Waals surface area contributed by atoms with Crippen LogP contribution in [0.3, 0.4) is 0 Å². The Morgan fingerprint density at radius 2 is 1.82 bits per heavy atom. The zero-order valence-electron chi connectivity index (χ0n) is 23.5. The number of ether oxygens (including phenoxy) is 1. The molecule has 1 aromatic rings. The van der Waals surface area contributed by atoms with Crippen molar-refractivity contribution >= 4 is 17.8 Å². The average molecular weight is 533 g/mol. The fraction of sp³-hybridized carbons (Fsp3) is 0.690. The second-order valence-corrected chi connectivity index (χ2v) is 12.0. The Balaban J connectivity index is 1.68. The molecule has 2 unspecified atom stereocenters. The quantitative estimate of drug-likeness (QED) is 0.283. The summed E-state index contributed by atoms with van der Waals surface area (Å²) in [5.74, 6) is -1.98. The molecule has 1 saturated heterocycles. The largest absolute Gasteiger partial charge is 0.504 e. The molecule has 0 radical (unpaired) electrons. The maximum absolute atomic E-state index is 13.6. The molecule has 1 aliphatic heterocycles. The van der Waals surface area contributed by atoms with Crippen molar-refractivity contribution < 1.29 is 34.4 Å². The van der Waals surface area contributed by atoms with Gasteiger partial charge in [0.05, 0.1) is 0 Å². The van der Waals surface area contributed by atoms with Crippen molar-refractivity contribution in [3.8, 4) is 11.5 Å². The van der Waals surface area contributed by atoms with Crippen LogP contribution in [0.25, 0.3) is 0 Å². The van der Waals surface area contributed by atoms with E-state index in [-0.39, 0.29) is 35.2 Å². The molecule has 212 valence electrons. The van der Waals surface area contributed by atoms with Crippen LogP contribution in [0.15, 0.2) is 18.2 Å². The molecule has 1 heterocycles. The number of aromatic hydroxyl groups is 2. The van der Waals surface area contributed by atoms with Gasteiger partial charge in [-0.3, -0.25) is 9.59 Å². The first-order valence-corrected chi connectivity index (χ1v) is 13.7. The lowest BCUT2D eigenvalue weighted by molar-refractivity contribution is -0.177. The average Bonchev–Trinajstić information content (AvgIpc) is 3.42. The van der Waals surface area contributed by atoms with E-state index in [4.69, 9.17) is 4.74 Å². The Hall–Kier alpha value is -2.81. The fourth-order valence-electron chi connectivity index (χ4n) is 5.98. The summed E-state index contributed by atoms with van der Waals surface area (Å²) < 4.78 is 6.16. The summed E-state index contributed by atoms with van der Waals surface area (Å²) in [6.07, 6.45) is 2.39. The van der Waals surface area contributed by atoms with E-state index in [1.807, 2.05) is 6.92 Å². The van der Waals surface area contributed by atoms with E-state index in [0.717, 1.165) is 19.3 Å². The molecule has 1 aliphatic carbocycles. The predicted octanol–water partition coefficient (Wildman–Crippen LogP) is 3.28. The van der Waals surface area contributed by atoms with E-state index in [1.54, 1.807) is 13.8 Å². The number of carbonyl (C=O) groups excluding carboxylic acids is 3. The zero-order chi connectivity index (χ0) is 28.4. The molecule has 0 aromatic heterocycles. The number of amides is 2. The normalized spacial score (nSPS) is 26.3. The Morgan fingerprint density at radius 1 is 1.13 bits per heavy atom. The molecule has 1 saturated carbocycles. The van der Waals surface area contributed by atoms with Crippen LogP contribution in [0.1, 0.15) is 79.2 Å². The number of aliphatic hydroxyl groups is 1. The van der Waals surface area contributed by atoms with Gasteiger partial charge in [0.2, 0.25) is 11.8 Å². The number of likely N-dealkylation sites (tertiary alicyclic amines) is 1. The first-order valence-electron chi connectivity index (χ1n) is 13.7. The minimum Gasteiger partial charge on any atom is -0.504 e. The monoisotopic (exact) mass is 532 g/mol. The minimum atomic E-state index is -1.47. The van der Waals surface area contributed by atoms with Gasteiger partial charge < -0.3 is 30.3 Å². The Bertz CT molecular complexity index is 1040. The summed E-state index contributed by atoms with van der Waals surface area (Å²) in [5.41, 5.74) is -0.337. The summed E-state index contributed by atoms with van der Waals surface area (Å²) >= 11 is 0. The molecule has 0 bridgehead atoms. The first-order chi connectivity index (χ1) is 17.7. The lowest BCUT2D eigenvalue weighted by atomic mass is 9.72. The molecular weight excluding hydrogens is 488 g/mol. The van der Waals surface area contributed by atoms with Crippen LogP contribution >= 0.6 is 0 Å². The topological polar surface area (TPSA) is 136 Å². The second-order valence-electron chi connectivity index (χ2n) is 12.0. The lowest BCUT2D eigenvalue weighted by Crippen LogP contribution is -2.56. The molecule has 4 N–H and O–H groups in total. The van der Waals surface area contributed by atoms with Gasteiger partial charge in [-0.2, -0.15) is 0 Å². The van der Waals surface area contributed by atoms with Crippen LogP contribution in [0, 0.1) is 17.3 Å². The third-order valence-electron chi connectivity index (χ3n) is 8.98. The molecule has 3 rings (SSSR count). The highest BCUT2D eigenvalue weighted by Crippen LogP contribution is 2.53. The van der Waals surface area contributed by atoms with Crippen LogP contribution in [-0.4, -0.2) is 68.3 Å². The highest BCUT2D eigenvalue weighted by molar-refractivity contribution is 5.92. The van der Waals surface area contributed by atoms with Crippen molar-refractivity contribution in [1.82, 2.24) is 10.2 Å². The van der Waals surface area contributed by atoms with Gasteiger partial charge in [-0.25, -0.2) is 4.79 Å². The molecule has 2 fully saturated rings. The standard InChI is InChI=1S/C29H44N2O7/c1-7-19-12-13-29(6,28(19,4)5)38-27(37)20-9-8-14-31(20)26(36)24(17(2)3)30-25(35)23(34)16-18-10-11-21(32)22(33)15-18/h10-11,15,17,19-20,23-24,32-34H,7-9,12-14,16H2,1-6H3,(H,30,35)/t19?,20-,23+,24-,29?/m0/s1. The maximum atomic E-state index is 13.6. The van der Waals surface area contributed by atoms with Crippen molar-refractivity contribution in [3.05, 3.63) is 23.8 Å². The molecule has 0 spiro atoms. The number of benzene rings is 1. The van der Waals surface area contributed by atoms with Crippen LogP contribution in [0.4, 0.5) is 0 Å². The van der Waals surface area contributed by atoms with E-state index in [1.165, 1.54) is 23.1 Å². The van der Waals surface area contributed by atoms with Crippen molar-refractivity contribution in [2.24, 2.45) is 17.3 Å². The van der Waals surface area contributed by atoms with E-state index < -0.39 is 35.7 Å². The number of esters is 1.